The largest absolute Gasteiger partial charge is 0.479 e. The Morgan fingerprint density at radius 3 is 2.23 bits per heavy atom. The molecule has 0 heterocycles. The van der Waals surface area contributed by atoms with Crippen molar-refractivity contribution in [3.8, 4) is 0 Å². The lowest BCUT2D eigenvalue weighted by atomic mass is 10.0. The fourth-order valence-corrected chi connectivity index (χ4v) is 1.84. The van der Waals surface area contributed by atoms with Gasteiger partial charge in [0, 0.05) is 12.6 Å². The van der Waals surface area contributed by atoms with Crippen molar-refractivity contribution >= 4 is 12.1 Å². The molecule has 0 aliphatic heterocycles. The minimum atomic E-state index is -2.72. The molecule has 1 amide bonds. The number of carbonyl (C=O) groups excluding carboxylic acids is 1. The number of hydrogen-bond acceptors (Lipinski definition) is 3. The standard InChI is InChI=1S/C15H19F2NO4/c1-15(2,3)22-14(21)18(4)11(13(19)20)9-6-5-7-10(8-9)12(16)17/h5-8,11-12H,1-4H3,(H,19,20). The van der Waals surface area contributed by atoms with Crippen molar-refractivity contribution in [2.24, 2.45) is 0 Å². The lowest BCUT2D eigenvalue weighted by Crippen LogP contribution is -2.39. The Morgan fingerprint density at radius 1 is 1.23 bits per heavy atom. The van der Waals surface area contributed by atoms with Gasteiger partial charge in [0.1, 0.15) is 5.60 Å². The van der Waals surface area contributed by atoms with Gasteiger partial charge in [0.2, 0.25) is 0 Å². The van der Waals surface area contributed by atoms with Gasteiger partial charge in [-0.25, -0.2) is 18.4 Å². The number of carbonyl (C=O) groups is 2. The summed E-state index contributed by atoms with van der Waals surface area (Å²) in [7, 11) is 1.25. The maximum Gasteiger partial charge on any atom is 0.411 e. The van der Waals surface area contributed by atoms with Crippen LogP contribution in [0, 0.1) is 0 Å². The van der Waals surface area contributed by atoms with Gasteiger partial charge in [0.15, 0.2) is 6.04 Å². The van der Waals surface area contributed by atoms with E-state index in [1.54, 1.807) is 20.8 Å². The summed E-state index contributed by atoms with van der Waals surface area (Å²) in [6.07, 6.45) is -3.57. The smallest absolute Gasteiger partial charge is 0.411 e. The van der Waals surface area contributed by atoms with E-state index < -0.39 is 30.1 Å². The number of alkyl halides is 2. The maximum absolute atomic E-state index is 12.7. The molecule has 0 aliphatic rings. The molecule has 0 radical (unpaired) electrons. The lowest BCUT2D eigenvalue weighted by Gasteiger charge is -2.28. The number of hydrogen-bond donors (Lipinski definition) is 1. The minimum absolute atomic E-state index is 0.0821. The van der Waals surface area contributed by atoms with Crippen LogP contribution in [-0.2, 0) is 9.53 Å². The molecule has 0 saturated heterocycles. The van der Waals surface area contributed by atoms with Gasteiger partial charge in [0.25, 0.3) is 6.43 Å². The molecule has 1 aromatic carbocycles. The highest BCUT2D eigenvalue weighted by atomic mass is 19.3. The van der Waals surface area contributed by atoms with E-state index in [0.29, 0.717) is 0 Å². The first-order chi connectivity index (χ1) is 10.0. The third-order valence-corrected chi connectivity index (χ3v) is 2.78. The lowest BCUT2D eigenvalue weighted by molar-refractivity contribution is -0.142. The van der Waals surface area contributed by atoms with E-state index in [0.717, 1.165) is 11.0 Å². The Bertz CT molecular complexity index is 555. The number of rotatable bonds is 4. The van der Waals surface area contributed by atoms with Crippen LogP contribution in [0.15, 0.2) is 24.3 Å². The molecule has 0 saturated carbocycles. The molecule has 1 rings (SSSR count). The number of likely N-dealkylation sites (N-methyl/N-ethyl adjacent to an activating group) is 1. The molecule has 1 aromatic rings. The zero-order valence-corrected chi connectivity index (χ0v) is 12.8. The SMILES string of the molecule is CN(C(=O)OC(C)(C)C)C(C(=O)O)c1cccc(C(F)F)c1. The second kappa shape index (κ2) is 6.72. The van der Waals surface area contributed by atoms with E-state index in [1.165, 1.54) is 25.2 Å². The quantitative estimate of drug-likeness (QED) is 0.921. The van der Waals surface area contributed by atoms with Crippen molar-refractivity contribution in [2.45, 2.75) is 38.8 Å². The number of benzene rings is 1. The molecule has 7 heteroatoms. The Morgan fingerprint density at radius 2 is 1.77 bits per heavy atom. The minimum Gasteiger partial charge on any atom is -0.479 e. The number of ether oxygens (including phenoxy) is 1. The van der Waals surface area contributed by atoms with Gasteiger partial charge in [-0.1, -0.05) is 18.2 Å². The third kappa shape index (κ3) is 4.68. The molecule has 122 valence electrons. The van der Waals surface area contributed by atoms with Crippen molar-refractivity contribution in [2.75, 3.05) is 7.05 Å². The van der Waals surface area contributed by atoms with E-state index >= 15 is 0 Å². The fourth-order valence-electron chi connectivity index (χ4n) is 1.84. The number of nitrogens with zero attached hydrogens (tertiary/aromatic N) is 1. The molecule has 1 N–H and O–H groups in total. The summed E-state index contributed by atoms with van der Waals surface area (Å²) in [6.45, 7) is 4.93. The van der Waals surface area contributed by atoms with Crippen molar-refractivity contribution in [3.63, 3.8) is 0 Å². The second-order valence-electron chi connectivity index (χ2n) is 5.80. The first kappa shape index (κ1) is 17.9. The Labute approximate surface area is 127 Å². The molecule has 0 aliphatic carbocycles. The number of amides is 1. The van der Waals surface area contributed by atoms with Gasteiger partial charge in [-0.2, -0.15) is 0 Å². The highest BCUT2D eigenvalue weighted by molar-refractivity contribution is 5.81. The molecular weight excluding hydrogens is 296 g/mol. The Hall–Kier alpha value is -2.18. The summed E-state index contributed by atoms with van der Waals surface area (Å²) in [5.74, 6) is -1.33. The van der Waals surface area contributed by atoms with Gasteiger partial charge < -0.3 is 9.84 Å². The van der Waals surface area contributed by atoms with Crippen LogP contribution in [0.1, 0.15) is 44.4 Å². The molecule has 22 heavy (non-hydrogen) atoms. The summed E-state index contributed by atoms with van der Waals surface area (Å²) in [5.41, 5.74) is -1.01. The summed E-state index contributed by atoms with van der Waals surface area (Å²) in [6, 6.07) is 3.57. The summed E-state index contributed by atoms with van der Waals surface area (Å²) < 4.78 is 30.6. The Balaban J connectivity index is 3.11. The van der Waals surface area contributed by atoms with E-state index in [9.17, 15) is 23.5 Å². The molecule has 0 aromatic heterocycles. The van der Waals surface area contributed by atoms with Crippen LogP contribution in [0.3, 0.4) is 0 Å². The van der Waals surface area contributed by atoms with E-state index in [-0.39, 0.29) is 11.1 Å². The van der Waals surface area contributed by atoms with Crippen molar-refractivity contribution in [1.29, 1.82) is 0 Å². The zero-order chi connectivity index (χ0) is 17.1. The van der Waals surface area contributed by atoms with Crippen molar-refractivity contribution in [3.05, 3.63) is 35.4 Å². The third-order valence-electron chi connectivity index (χ3n) is 2.78. The van der Waals surface area contributed by atoms with Crippen molar-refractivity contribution < 1.29 is 28.2 Å². The molecule has 1 unspecified atom stereocenters. The molecule has 0 fully saturated rings. The van der Waals surface area contributed by atoms with Gasteiger partial charge >= 0.3 is 12.1 Å². The second-order valence-corrected chi connectivity index (χ2v) is 5.80. The number of halogens is 2. The van der Waals surface area contributed by atoms with Gasteiger partial charge in [-0.05, 0) is 32.4 Å². The van der Waals surface area contributed by atoms with Crippen LogP contribution in [0.5, 0.6) is 0 Å². The Kier molecular flexibility index (Phi) is 5.46. The monoisotopic (exact) mass is 315 g/mol. The average Bonchev–Trinajstić information content (AvgIpc) is 2.36. The summed E-state index contributed by atoms with van der Waals surface area (Å²) in [4.78, 5) is 24.3. The van der Waals surface area contributed by atoms with Gasteiger partial charge in [-0.3, -0.25) is 4.90 Å². The first-order valence-corrected chi connectivity index (χ1v) is 6.59. The van der Waals surface area contributed by atoms with E-state index in [1.807, 2.05) is 0 Å². The van der Waals surface area contributed by atoms with Crippen LogP contribution in [0.25, 0.3) is 0 Å². The van der Waals surface area contributed by atoms with Gasteiger partial charge in [-0.15, -0.1) is 0 Å². The predicted octanol–water partition coefficient (Wildman–Crippen LogP) is 3.62. The van der Waals surface area contributed by atoms with Crippen LogP contribution >= 0.6 is 0 Å². The van der Waals surface area contributed by atoms with E-state index in [2.05, 4.69) is 0 Å². The molecule has 1 atom stereocenters. The summed E-state index contributed by atoms with van der Waals surface area (Å²) in [5, 5.41) is 9.34. The number of aliphatic carboxylic acids is 1. The topological polar surface area (TPSA) is 66.8 Å². The maximum atomic E-state index is 12.7. The fraction of sp³-hybridized carbons (Fsp3) is 0.467. The summed E-state index contributed by atoms with van der Waals surface area (Å²) >= 11 is 0. The normalized spacial score (nSPS) is 12.9. The van der Waals surface area contributed by atoms with Gasteiger partial charge in [0.05, 0.1) is 0 Å². The number of carboxylic acid groups (broad SMARTS) is 1. The zero-order valence-electron chi connectivity index (χ0n) is 12.8. The highest BCUT2D eigenvalue weighted by Crippen LogP contribution is 2.26. The van der Waals surface area contributed by atoms with Crippen LogP contribution in [-0.4, -0.2) is 34.7 Å². The highest BCUT2D eigenvalue weighted by Gasteiger charge is 2.31. The first-order valence-electron chi connectivity index (χ1n) is 6.59. The van der Waals surface area contributed by atoms with E-state index in [4.69, 9.17) is 4.74 Å². The van der Waals surface area contributed by atoms with Crippen LogP contribution < -0.4 is 0 Å². The molecule has 5 nitrogen and oxygen atoms in total. The predicted molar refractivity (Wildman–Crippen MR) is 75.8 cm³/mol. The van der Waals surface area contributed by atoms with Crippen LogP contribution in [0.4, 0.5) is 13.6 Å². The van der Waals surface area contributed by atoms with Crippen molar-refractivity contribution in [1.82, 2.24) is 4.90 Å². The molecular formula is C15H19F2NO4. The number of carboxylic acids is 1. The van der Waals surface area contributed by atoms with Crippen LogP contribution in [0.2, 0.25) is 0 Å². The molecule has 0 spiro atoms. The molecule has 0 bridgehead atoms. The average molecular weight is 315 g/mol.